The van der Waals surface area contributed by atoms with Crippen LogP contribution in [0, 0.1) is 11.7 Å². The van der Waals surface area contributed by atoms with Crippen LogP contribution < -0.4 is 5.32 Å². The minimum atomic E-state index is -0.598. The van der Waals surface area contributed by atoms with Crippen molar-refractivity contribution in [1.82, 2.24) is 9.88 Å². The first kappa shape index (κ1) is 20.7. The summed E-state index contributed by atoms with van der Waals surface area (Å²) in [5, 5.41) is 5.06. The van der Waals surface area contributed by atoms with Gasteiger partial charge >= 0.3 is 0 Å². The monoisotopic (exact) mass is 411 g/mol. The third kappa shape index (κ3) is 5.48. The van der Waals surface area contributed by atoms with Crippen LogP contribution in [-0.4, -0.2) is 34.8 Å². The van der Waals surface area contributed by atoms with Crippen LogP contribution in [0.2, 0.25) is 0 Å². The van der Waals surface area contributed by atoms with Crippen molar-refractivity contribution in [2.24, 2.45) is 5.92 Å². The van der Waals surface area contributed by atoms with E-state index in [1.807, 2.05) is 49.6 Å². The van der Waals surface area contributed by atoms with Gasteiger partial charge in [0.15, 0.2) is 5.13 Å². The van der Waals surface area contributed by atoms with Crippen molar-refractivity contribution in [3.05, 3.63) is 71.4 Å². The maximum atomic E-state index is 14.0. The van der Waals surface area contributed by atoms with E-state index in [4.69, 9.17) is 0 Å². The standard InChI is InChI=1S/C22H22FN3O2S/c1-15(2)12-26(21(28)17-10-6-7-11-18(17)23)13-20(27)25-22-24-19(14-29-22)16-8-4-3-5-9-16/h3-11,14-15H,12-13H2,1-2H3,(H,24,25,27). The van der Waals surface area contributed by atoms with Gasteiger partial charge in [-0.1, -0.05) is 56.3 Å². The molecule has 1 N–H and O–H groups in total. The number of nitrogens with zero attached hydrogens (tertiary/aromatic N) is 2. The van der Waals surface area contributed by atoms with Gasteiger partial charge in [-0.15, -0.1) is 11.3 Å². The summed E-state index contributed by atoms with van der Waals surface area (Å²) in [5.74, 6) is -1.34. The van der Waals surface area contributed by atoms with Gasteiger partial charge in [-0.05, 0) is 18.1 Å². The largest absolute Gasteiger partial charge is 0.329 e. The van der Waals surface area contributed by atoms with Crippen molar-refractivity contribution < 1.29 is 14.0 Å². The molecule has 3 rings (SSSR count). The molecule has 1 heterocycles. The Kier molecular flexibility index (Phi) is 6.72. The van der Waals surface area contributed by atoms with Crippen LogP contribution in [0.5, 0.6) is 0 Å². The number of thiazole rings is 1. The van der Waals surface area contributed by atoms with Gasteiger partial charge in [-0.2, -0.15) is 0 Å². The SMILES string of the molecule is CC(C)CN(CC(=O)Nc1nc(-c2ccccc2)cs1)C(=O)c1ccccc1F. The smallest absolute Gasteiger partial charge is 0.257 e. The zero-order chi connectivity index (χ0) is 20.8. The topological polar surface area (TPSA) is 62.3 Å². The molecular weight excluding hydrogens is 389 g/mol. The van der Waals surface area contributed by atoms with Crippen molar-refractivity contribution in [2.45, 2.75) is 13.8 Å². The van der Waals surface area contributed by atoms with Crippen LogP contribution in [0.3, 0.4) is 0 Å². The Bertz CT molecular complexity index is 988. The highest BCUT2D eigenvalue weighted by molar-refractivity contribution is 7.14. The summed E-state index contributed by atoms with van der Waals surface area (Å²) >= 11 is 1.31. The Labute approximate surface area is 173 Å². The van der Waals surface area contributed by atoms with Gasteiger partial charge in [0, 0.05) is 17.5 Å². The highest BCUT2D eigenvalue weighted by atomic mass is 32.1. The fourth-order valence-electron chi connectivity index (χ4n) is 2.87. The molecule has 0 aliphatic heterocycles. The molecule has 7 heteroatoms. The molecule has 2 aromatic carbocycles. The van der Waals surface area contributed by atoms with Crippen molar-refractivity contribution >= 4 is 28.3 Å². The molecular formula is C22H22FN3O2S. The minimum absolute atomic E-state index is 0.0402. The maximum Gasteiger partial charge on any atom is 0.257 e. The van der Waals surface area contributed by atoms with Crippen molar-refractivity contribution in [3.63, 3.8) is 0 Å². The zero-order valence-electron chi connectivity index (χ0n) is 16.3. The molecule has 150 valence electrons. The highest BCUT2D eigenvalue weighted by Gasteiger charge is 2.22. The van der Waals surface area contributed by atoms with Crippen molar-refractivity contribution in [2.75, 3.05) is 18.4 Å². The Hall–Kier alpha value is -3.06. The van der Waals surface area contributed by atoms with Gasteiger partial charge in [0.25, 0.3) is 5.91 Å². The van der Waals surface area contributed by atoms with Crippen LogP contribution >= 0.6 is 11.3 Å². The number of anilines is 1. The second kappa shape index (κ2) is 9.43. The van der Waals surface area contributed by atoms with Crippen LogP contribution in [0.25, 0.3) is 11.3 Å². The Morgan fingerprint density at radius 1 is 1.10 bits per heavy atom. The molecule has 29 heavy (non-hydrogen) atoms. The number of aromatic nitrogens is 1. The number of hydrogen-bond donors (Lipinski definition) is 1. The number of halogens is 1. The zero-order valence-corrected chi connectivity index (χ0v) is 17.1. The van der Waals surface area contributed by atoms with Crippen molar-refractivity contribution in [1.29, 1.82) is 0 Å². The molecule has 2 amide bonds. The quantitative estimate of drug-likeness (QED) is 0.614. The molecule has 0 aliphatic rings. The third-order valence-corrected chi connectivity index (χ3v) is 4.89. The summed E-state index contributed by atoms with van der Waals surface area (Å²) in [5.41, 5.74) is 1.69. The molecule has 3 aromatic rings. The summed E-state index contributed by atoms with van der Waals surface area (Å²) in [7, 11) is 0. The molecule has 0 bridgehead atoms. The number of benzene rings is 2. The van der Waals surface area contributed by atoms with Gasteiger partial charge in [-0.25, -0.2) is 9.37 Å². The number of carbonyl (C=O) groups excluding carboxylic acids is 2. The van der Waals surface area contributed by atoms with E-state index in [2.05, 4.69) is 10.3 Å². The fourth-order valence-corrected chi connectivity index (χ4v) is 3.61. The summed E-state index contributed by atoms with van der Waals surface area (Å²) in [4.78, 5) is 31.1. The number of carbonyl (C=O) groups is 2. The summed E-state index contributed by atoms with van der Waals surface area (Å²) in [6, 6.07) is 15.4. The molecule has 0 unspecified atom stereocenters. The lowest BCUT2D eigenvalue weighted by molar-refractivity contribution is -0.117. The molecule has 0 fully saturated rings. The van der Waals surface area contributed by atoms with Crippen LogP contribution in [0.4, 0.5) is 9.52 Å². The molecule has 5 nitrogen and oxygen atoms in total. The van der Waals surface area contributed by atoms with Gasteiger partial charge in [0.2, 0.25) is 5.91 Å². The molecule has 1 aromatic heterocycles. The van der Waals surface area contributed by atoms with E-state index in [1.54, 1.807) is 6.07 Å². The number of amides is 2. The predicted molar refractivity (Wildman–Crippen MR) is 113 cm³/mol. The highest BCUT2D eigenvalue weighted by Crippen LogP contribution is 2.24. The first-order chi connectivity index (χ1) is 13.9. The van der Waals surface area contributed by atoms with Gasteiger partial charge in [0.05, 0.1) is 11.3 Å². The minimum Gasteiger partial charge on any atom is -0.329 e. The van der Waals surface area contributed by atoms with E-state index in [1.165, 1.54) is 34.4 Å². The summed E-state index contributed by atoms with van der Waals surface area (Å²) in [6.45, 7) is 4.04. The van der Waals surface area contributed by atoms with Gasteiger partial charge in [-0.3, -0.25) is 9.59 Å². The summed E-state index contributed by atoms with van der Waals surface area (Å²) in [6.07, 6.45) is 0. The van der Waals surface area contributed by atoms with Gasteiger partial charge < -0.3 is 10.2 Å². The van der Waals surface area contributed by atoms with Gasteiger partial charge in [0.1, 0.15) is 12.4 Å². The van der Waals surface area contributed by atoms with E-state index in [0.29, 0.717) is 11.7 Å². The molecule has 0 atom stereocenters. The van der Waals surface area contributed by atoms with E-state index in [0.717, 1.165) is 11.3 Å². The predicted octanol–water partition coefficient (Wildman–Crippen LogP) is 4.69. The van der Waals surface area contributed by atoms with E-state index in [9.17, 15) is 14.0 Å². The molecule has 0 aliphatic carbocycles. The molecule has 0 saturated carbocycles. The molecule has 0 radical (unpaired) electrons. The lowest BCUT2D eigenvalue weighted by Gasteiger charge is -2.24. The Morgan fingerprint density at radius 3 is 2.48 bits per heavy atom. The van der Waals surface area contributed by atoms with Crippen LogP contribution in [0.1, 0.15) is 24.2 Å². The maximum absolute atomic E-state index is 14.0. The van der Waals surface area contributed by atoms with Crippen LogP contribution in [0.15, 0.2) is 60.0 Å². The first-order valence-electron chi connectivity index (χ1n) is 9.28. The normalized spacial score (nSPS) is 10.8. The van der Waals surface area contributed by atoms with E-state index < -0.39 is 11.7 Å². The average Bonchev–Trinajstić information content (AvgIpc) is 3.16. The fraction of sp³-hybridized carbons (Fsp3) is 0.227. The van der Waals surface area contributed by atoms with Crippen molar-refractivity contribution in [3.8, 4) is 11.3 Å². The molecule has 0 spiro atoms. The number of hydrogen-bond acceptors (Lipinski definition) is 4. The lowest BCUT2D eigenvalue weighted by atomic mass is 10.1. The second-order valence-corrected chi connectivity index (χ2v) is 7.87. The Morgan fingerprint density at radius 2 is 1.79 bits per heavy atom. The number of nitrogens with one attached hydrogen (secondary N) is 1. The number of rotatable bonds is 7. The van der Waals surface area contributed by atoms with Crippen LogP contribution in [-0.2, 0) is 4.79 Å². The Balaban J connectivity index is 1.70. The third-order valence-electron chi connectivity index (χ3n) is 4.13. The van der Waals surface area contributed by atoms with E-state index >= 15 is 0 Å². The first-order valence-corrected chi connectivity index (χ1v) is 10.2. The molecule has 0 saturated heterocycles. The second-order valence-electron chi connectivity index (χ2n) is 7.01. The summed E-state index contributed by atoms with van der Waals surface area (Å²) < 4.78 is 14.0. The van der Waals surface area contributed by atoms with E-state index in [-0.39, 0.29) is 23.9 Å². The lowest BCUT2D eigenvalue weighted by Crippen LogP contribution is -2.40. The average molecular weight is 412 g/mol.